The Labute approximate surface area is 141 Å². The van der Waals surface area contributed by atoms with Crippen molar-refractivity contribution in [2.75, 3.05) is 12.3 Å². The molecular formula is C15H13N3O5S. The molecule has 0 aliphatic rings. The Bertz CT molecular complexity index is 825. The van der Waals surface area contributed by atoms with Gasteiger partial charge < -0.3 is 15.2 Å². The molecule has 0 aliphatic carbocycles. The number of nitrogen functional groups attached to an aromatic ring is 1. The number of ether oxygens (including phenoxy) is 2. The lowest BCUT2D eigenvalue weighted by molar-refractivity contribution is -0.385. The Hall–Kier alpha value is -3.12. The molecule has 0 aliphatic heterocycles. The number of nitriles is 1. The topological polar surface area (TPSA) is 128 Å². The van der Waals surface area contributed by atoms with E-state index in [1.165, 1.54) is 18.2 Å². The van der Waals surface area contributed by atoms with Crippen LogP contribution in [0.1, 0.15) is 27.7 Å². The van der Waals surface area contributed by atoms with Gasteiger partial charge in [0.2, 0.25) is 0 Å². The van der Waals surface area contributed by atoms with E-state index in [1.54, 1.807) is 13.0 Å². The first-order chi connectivity index (χ1) is 11.5. The maximum Gasteiger partial charge on any atom is 0.348 e. The smallest absolute Gasteiger partial charge is 0.348 e. The number of anilines is 1. The first-order valence-corrected chi connectivity index (χ1v) is 7.65. The van der Waals surface area contributed by atoms with Crippen molar-refractivity contribution in [2.45, 2.75) is 13.5 Å². The van der Waals surface area contributed by atoms with Crippen molar-refractivity contribution in [1.29, 1.82) is 5.26 Å². The van der Waals surface area contributed by atoms with Crippen molar-refractivity contribution in [1.82, 2.24) is 0 Å². The zero-order valence-electron chi connectivity index (χ0n) is 12.6. The molecule has 9 heteroatoms. The molecule has 24 heavy (non-hydrogen) atoms. The molecule has 0 fully saturated rings. The van der Waals surface area contributed by atoms with Crippen LogP contribution in [0, 0.1) is 21.4 Å². The van der Waals surface area contributed by atoms with Gasteiger partial charge in [0.05, 0.1) is 17.1 Å². The van der Waals surface area contributed by atoms with E-state index in [1.807, 2.05) is 6.07 Å². The Morgan fingerprint density at radius 2 is 2.17 bits per heavy atom. The summed E-state index contributed by atoms with van der Waals surface area (Å²) >= 11 is 0.926. The lowest BCUT2D eigenvalue weighted by Gasteiger charge is -2.08. The van der Waals surface area contributed by atoms with Gasteiger partial charge >= 0.3 is 11.7 Å². The van der Waals surface area contributed by atoms with E-state index in [9.17, 15) is 20.2 Å². The fourth-order valence-corrected chi connectivity index (χ4v) is 2.90. The fourth-order valence-electron chi connectivity index (χ4n) is 1.99. The van der Waals surface area contributed by atoms with Crippen molar-refractivity contribution in [3.05, 3.63) is 50.4 Å². The van der Waals surface area contributed by atoms with Crippen molar-refractivity contribution in [2.24, 2.45) is 0 Å². The maximum absolute atomic E-state index is 12.0. The summed E-state index contributed by atoms with van der Waals surface area (Å²) in [5, 5.41) is 20.4. The second-order valence-electron chi connectivity index (χ2n) is 4.49. The molecule has 1 aromatic heterocycles. The maximum atomic E-state index is 12.0. The molecule has 0 saturated heterocycles. The van der Waals surface area contributed by atoms with Gasteiger partial charge in [0.25, 0.3) is 0 Å². The van der Waals surface area contributed by atoms with Gasteiger partial charge in [0.15, 0.2) is 5.75 Å². The summed E-state index contributed by atoms with van der Waals surface area (Å²) in [6, 6.07) is 7.75. The van der Waals surface area contributed by atoms with Crippen LogP contribution in [0.5, 0.6) is 5.75 Å². The van der Waals surface area contributed by atoms with Crippen molar-refractivity contribution in [3.8, 4) is 11.8 Å². The van der Waals surface area contributed by atoms with E-state index < -0.39 is 10.9 Å². The van der Waals surface area contributed by atoms with E-state index in [4.69, 9.17) is 15.2 Å². The van der Waals surface area contributed by atoms with Crippen LogP contribution in [0.3, 0.4) is 0 Å². The van der Waals surface area contributed by atoms with E-state index >= 15 is 0 Å². The van der Waals surface area contributed by atoms with Gasteiger partial charge in [-0.25, -0.2) is 4.79 Å². The van der Waals surface area contributed by atoms with Crippen LogP contribution in [0.2, 0.25) is 0 Å². The number of nitro groups is 1. The molecule has 0 atom stereocenters. The second kappa shape index (κ2) is 7.43. The molecule has 2 aromatic rings. The predicted molar refractivity (Wildman–Crippen MR) is 86.8 cm³/mol. The van der Waals surface area contributed by atoms with Gasteiger partial charge in [-0.15, -0.1) is 11.3 Å². The third-order valence-electron chi connectivity index (χ3n) is 3.04. The first kappa shape index (κ1) is 17.2. The van der Waals surface area contributed by atoms with Gasteiger partial charge in [-0.3, -0.25) is 10.1 Å². The number of nitrogens with zero attached hydrogens (tertiary/aromatic N) is 2. The summed E-state index contributed by atoms with van der Waals surface area (Å²) in [5.74, 6) is -0.581. The number of carbonyl (C=O) groups is 1. The molecule has 1 heterocycles. The molecule has 1 aromatic carbocycles. The minimum absolute atomic E-state index is 0.0333. The van der Waals surface area contributed by atoms with Crippen LogP contribution >= 0.6 is 11.3 Å². The Morgan fingerprint density at radius 3 is 2.79 bits per heavy atom. The summed E-state index contributed by atoms with van der Waals surface area (Å²) in [6.45, 7) is 1.61. The van der Waals surface area contributed by atoms with Crippen LogP contribution in [-0.2, 0) is 11.3 Å². The third-order valence-corrected chi connectivity index (χ3v) is 4.08. The summed E-state index contributed by atoms with van der Waals surface area (Å²) in [6.07, 6.45) is 0. The molecule has 0 amide bonds. The fraction of sp³-hybridized carbons (Fsp3) is 0.200. The van der Waals surface area contributed by atoms with Gasteiger partial charge in [-0.05, 0) is 13.0 Å². The highest BCUT2D eigenvalue weighted by molar-refractivity contribution is 7.18. The number of para-hydroxylation sites is 2. The molecule has 0 spiro atoms. The molecule has 2 N–H and O–H groups in total. The molecule has 124 valence electrons. The van der Waals surface area contributed by atoms with Gasteiger partial charge in [-0.2, -0.15) is 5.26 Å². The Morgan fingerprint density at radius 1 is 1.46 bits per heavy atom. The molecule has 0 unspecified atom stereocenters. The van der Waals surface area contributed by atoms with Gasteiger partial charge in [0.1, 0.15) is 22.6 Å². The van der Waals surface area contributed by atoms with Crippen molar-refractivity contribution in [3.63, 3.8) is 0 Å². The zero-order chi connectivity index (χ0) is 17.7. The molecule has 2 rings (SSSR count). The zero-order valence-corrected chi connectivity index (χ0v) is 13.5. The summed E-state index contributed by atoms with van der Waals surface area (Å²) in [4.78, 5) is 22.6. The minimum atomic E-state index is -0.614. The third kappa shape index (κ3) is 3.44. The van der Waals surface area contributed by atoms with Crippen LogP contribution in [0.25, 0.3) is 0 Å². The van der Waals surface area contributed by atoms with Crippen LogP contribution in [0.15, 0.2) is 24.3 Å². The van der Waals surface area contributed by atoms with Crippen LogP contribution in [0.4, 0.5) is 10.7 Å². The number of carbonyl (C=O) groups excluding carboxylic acids is 1. The molecule has 0 saturated carbocycles. The first-order valence-electron chi connectivity index (χ1n) is 6.84. The normalized spacial score (nSPS) is 10.0. The van der Waals surface area contributed by atoms with E-state index in [0.717, 1.165) is 11.3 Å². The van der Waals surface area contributed by atoms with Gasteiger partial charge in [0, 0.05) is 11.6 Å². The Kier molecular flexibility index (Phi) is 5.34. The monoisotopic (exact) mass is 347 g/mol. The minimum Gasteiger partial charge on any atom is -0.482 e. The second-order valence-corrected chi connectivity index (χ2v) is 5.55. The van der Waals surface area contributed by atoms with Gasteiger partial charge in [-0.1, -0.05) is 12.1 Å². The quantitative estimate of drug-likeness (QED) is 0.483. The van der Waals surface area contributed by atoms with E-state index in [-0.39, 0.29) is 45.7 Å². The number of nitrogens with two attached hydrogens (primary N) is 1. The van der Waals surface area contributed by atoms with Crippen molar-refractivity contribution >= 4 is 28.0 Å². The number of thiophene rings is 1. The molecule has 0 radical (unpaired) electrons. The largest absolute Gasteiger partial charge is 0.482 e. The van der Waals surface area contributed by atoms with Crippen molar-refractivity contribution < 1.29 is 19.2 Å². The highest BCUT2D eigenvalue weighted by atomic mass is 32.1. The van der Waals surface area contributed by atoms with Crippen LogP contribution in [-0.4, -0.2) is 17.5 Å². The summed E-state index contributed by atoms with van der Waals surface area (Å²) in [5.41, 5.74) is 5.92. The highest BCUT2D eigenvalue weighted by Gasteiger charge is 2.24. The predicted octanol–water partition coefficient (Wildman–Crippen LogP) is 2.87. The SMILES string of the molecule is CCOC(=O)c1sc(N)c(C#N)c1COc1ccccc1[N+](=O)[O-]. The standard InChI is InChI=1S/C15H13N3O5S/c1-2-22-15(19)13-10(9(7-16)14(17)24-13)8-23-12-6-4-3-5-11(12)18(20)21/h3-6H,2,8,17H2,1H3. The highest BCUT2D eigenvalue weighted by Crippen LogP contribution is 2.33. The van der Waals surface area contributed by atoms with Crippen LogP contribution < -0.4 is 10.5 Å². The average molecular weight is 347 g/mol. The average Bonchev–Trinajstić information content (AvgIpc) is 2.89. The lowest BCUT2D eigenvalue weighted by Crippen LogP contribution is -2.08. The van der Waals surface area contributed by atoms with E-state index in [0.29, 0.717) is 0 Å². The lowest BCUT2D eigenvalue weighted by atomic mass is 10.1. The molecular weight excluding hydrogens is 334 g/mol. The number of benzene rings is 1. The number of esters is 1. The number of hydrogen-bond donors (Lipinski definition) is 1. The Balaban J connectivity index is 2.35. The summed E-state index contributed by atoms with van der Waals surface area (Å²) in [7, 11) is 0. The van der Waals surface area contributed by atoms with E-state index in [2.05, 4.69) is 0 Å². The molecule has 8 nitrogen and oxygen atoms in total. The number of rotatable bonds is 6. The molecule has 0 bridgehead atoms. The number of hydrogen-bond acceptors (Lipinski definition) is 8. The summed E-state index contributed by atoms with van der Waals surface area (Å²) < 4.78 is 10.4. The number of nitro benzene ring substituents is 1.